The van der Waals surface area contributed by atoms with Crippen molar-refractivity contribution in [2.45, 2.75) is 5.92 Å². The third kappa shape index (κ3) is 2.94. The summed E-state index contributed by atoms with van der Waals surface area (Å²) in [4.78, 5) is 75.3. The van der Waals surface area contributed by atoms with Crippen molar-refractivity contribution in [1.82, 2.24) is 26.3 Å². The molecule has 11 nitrogen and oxygen atoms in total. The van der Waals surface area contributed by atoms with Gasteiger partial charge in [0.05, 0.1) is 0 Å². The van der Waals surface area contributed by atoms with Gasteiger partial charge in [-0.1, -0.05) is 6.07 Å². The van der Waals surface area contributed by atoms with Crippen LogP contribution in [0.15, 0.2) is 24.4 Å². The van der Waals surface area contributed by atoms with Crippen LogP contribution in [0.4, 0.5) is 9.59 Å². The minimum absolute atomic E-state index is 0.108. The Morgan fingerprint density at radius 2 is 1.16 bits per heavy atom. The highest BCUT2D eigenvalue weighted by Crippen LogP contribution is 2.34. The predicted molar refractivity (Wildman–Crippen MR) is 77.3 cm³/mol. The smallest absolute Gasteiger partial charge is 0.277 e. The second kappa shape index (κ2) is 6.11. The average Bonchev–Trinajstić information content (AvgIpc) is 2.52. The van der Waals surface area contributed by atoms with Gasteiger partial charge in [0.2, 0.25) is 23.6 Å². The van der Waals surface area contributed by atoms with Crippen LogP contribution in [0.2, 0.25) is 0 Å². The van der Waals surface area contributed by atoms with E-state index < -0.39 is 53.4 Å². The first-order valence-corrected chi connectivity index (χ1v) is 7.11. The van der Waals surface area contributed by atoms with Crippen molar-refractivity contribution >= 4 is 35.7 Å². The fourth-order valence-electron chi connectivity index (χ4n) is 2.82. The Labute approximate surface area is 139 Å². The minimum atomic E-state index is -1.57. The quantitative estimate of drug-likeness (QED) is 0.466. The van der Waals surface area contributed by atoms with Crippen LogP contribution in [-0.4, -0.2) is 40.7 Å². The van der Waals surface area contributed by atoms with Crippen molar-refractivity contribution in [2.24, 2.45) is 11.8 Å². The number of carbonyl (C=O) groups is 6. The van der Waals surface area contributed by atoms with E-state index in [9.17, 15) is 28.8 Å². The number of amides is 8. The molecule has 2 aliphatic rings. The molecule has 3 rings (SSSR count). The van der Waals surface area contributed by atoms with Gasteiger partial charge < -0.3 is 0 Å². The SMILES string of the molecule is O=C1NC(=O)C(C(c2ccccn2)C2C(=O)NC(=O)NC2=O)C(=O)N1. The number of aromatic nitrogens is 1. The molecule has 0 radical (unpaired) electrons. The highest BCUT2D eigenvalue weighted by molar-refractivity contribution is 6.20. The fourth-order valence-corrected chi connectivity index (χ4v) is 2.82. The third-order valence-corrected chi connectivity index (χ3v) is 3.82. The van der Waals surface area contributed by atoms with Crippen molar-refractivity contribution in [2.75, 3.05) is 0 Å². The van der Waals surface area contributed by atoms with Crippen LogP contribution in [0.5, 0.6) is 0 Å². The highest BCUT2D eigenvalue weighted by Gasteiger charge is 2.51. The molecule has 0 bridgehead atoms. The van der Waals surface area contributed by atoms with Crippen LogP contribution in [0.25, 0.3) is 0 Å². The zero-order valence-corrected chi connectivity index (χ0v) is 12.4. The topological polar surface area (TPSA) is 163 Å². The van der Waals surface area contributed by atoms with Gasteiger partial charge in [0, 0.05) is 17.8 Å². The standard InChI is InChI=1S/C14H11N5O6/c20-9-7(10(21)17-13(24)16-9)6(5-3-1-2-4-15-5)8-11(22)18-14(25)19-12(8)23/h1-4,6-8H,(H2,16,17,20,21,24)(H2,18,19,22,23,25). The highest BCUT2D eigenvalue weighted by atomic mass is 16.2. The average molecular weight is 345 g/mol. The summed E-state index contributed by atoms with van der Waals surface area (Å²) in [7, 11) is 0. The van der Waals surface area contributed by atoms with E-state index >= 15 is 0 Å². The molecular formula is C14H11N5O6. The molecule has 25 heavy (non-hydrogen) atoms. The van der Waals surface area contributed by atoms with Crippen LogP contribution in [-0.2, 0) is 19.2 Å². The first-order chi connectivity index (χ1) is 11.9. The maximum absolute atomic E-state index is 12.2. The summed E-state index contributed by atoms with van der Waals surface area (Å²) in [5, 5.41) is 7.68. The lowest BCUT2D eigenvalue weighted by Crippen LogP contribution is -2.62. The number of urea groups is 2. The number of hydrogen-bond acceptors (Lipinski definition) is 7. The molecule has 0 unspecified atom stereocenters. The molecule has 3 heterocycles. The summed E-state index contributed by atoms with van der Waals surface area (Å²) in [5.74, 6) is -8.33. The van der Waals surface area contributed by atoms with Gasteiger partial charge in [0.15, 0.2) is 0 Å². The number of nitrogens with zero attached hydrogens (tertiary/aromatic N) is 1. The number of carbonyl (C=O) groups excluding carboxylic acids is 6. The van der Waals surface area contributed by atoms with Gasteiger partial charge in [-0.25, -0.2) is 9.59 Å². The molecule has 0 atom stereocenters. The van der Waals surface area contributed by atoms with E-state index in [1.165, 1.54) is 12.3 Å². The van der Waals surface area contributed by atoms with Gasteiger partial charge in [-0.05, 0) is 12.1 Å². The summed E-state index contributed by atoms with van der Waals surface area (Å²) >= 11 is 0. The number of pyridine rings is 1. The summed E-state index contributed by atoms with van der Waals surface area (Å²) in [6, 6.07) is 2.54. The molecule has 1 aromatic rings. The van der Waals surface area contributed by atoms with Gasteiger partial charge in [-0.3, -0.25) is 45.4 Å². The number of imide groups is 4. The predicted octanol–water partition coefficient (Wildman–Crippen LogP) is -1.87. The van der Waals surface area contributed by atoms with E-state index in [1.807, 2.05) is 21.3 Å². The summed E-state index contributed by atoms with van der Waals surface area (Å²) in [6.45, 7) is 0. The number of hydrogen-bond donors (Lipinski definition) is 4. The first-order valence-electron chi connectivity index (χ1n) is 7.11. The van der Waals surface area contributed by atoms with E-state index in [1.54, 1.807) is 12.1 Å². The Balaban J connectivity index is 2.08. The Morgan fingerprint density at radius 1 is 0.720 bits per heavy atom. The van der Waals surface area contributed by atoms with Crippen LogP contribution in [0, 0.1) is 11.8 Å². The molecule has 11 heteroatoms. The van der Waals surface area contributed by atoms with E-state index in [4.69, 9.17) is 0 Å². The molecule has 0 aromatic carbocycles. The largest absolute Gasteiger partial charge is 0.328 e. The Morgan fingerprint density at radius 3 is 1.52 bits per heavy atom. The zero-order chi connectivity index (χ0) is 18.1. The van der Waals surface area contributed by atoms with Crippen molar-refractivity contribution in [1.29, 1.82) is 0 Å². The lowest BCUT2D eigenvalue weighted by Gasteiger charge is -2.33. The van der Waals surface area contributed by atoms with Gasteiger partial charge in [-0.15, -0.1) is 0 Å². The number of barbiturate groups is 2. The molecule has 1 aromatic heterocycles. The van der Waals surface area contributed by atoms with Gasteiger partial charge in [0.25, 0.3) is 0 Å². The maximum Gasteiger partial charge on any atom is 0.328 e. The molecular weight excluding hydrogens is 334 g/mol. The lowest BCUT2D eigenvalue weighted by atomic mass is 9.76. The number of nitrogens with one attached hydrogen (secondary N) is 4. The van der Waals surface area contributed by atoms with Gasteiger partial charge in [0.1, 0.15) is 11.8 Å². The normalized spacial score (nSPS) is 19.4. The third-order valence-electron chi connectivity index (χ3n) is 3.82. The Kier molecular flexibility index (Phi) is 3.97. The van der Waals surface area contributed by atoms with Gasteiger partial charge in [-0.2, -0.15) is 0 Å². The van der Waals surface area contributed by atoms with Crippen LogP contribution < -0.4 is 21.3 Å². The van der Waals surface area contributed by atoms with Crippen molar-refractivity contribution in [3.63, 3.8) is 0 Å². The minimum Gasteiger partial charge on any atom is -0.277 e. The molecule has 8 amide bonds. The van der Waals surface area contributed by atoms with Crippen LogP contribution >= 0.6 is 0 Å². The molecule has 2 saturated heterocycles. The Hall–Kier alpha value is -3.63. The van der Waals surface area contributed by atoms with E-state index in [-0.39, 0.29) is 5.69 Å². The molecule has 2 fully saturated rings. The molecule has 0 aliphatic carbocycles. The number of rotatable bonds is 3. The van der Waals surface area contributed by atoms with Crippen molar-refractivity contribution in [3.05, 3.63) is 30.1 Å². The van der Waals surface area contributed by atoms with E-state index in [0.29, 0.717) is 0 Å². The fraction of sp³-hybridized carbons (Fsp3) is 0.214. The summed E-state index contributed by atoms with van der Waals surface area (Å²) < 4.78 is 0. The van der Waals surface area contributed by atoms with E-state index in [0.717, 1.165) is 0 Å². The summed E-state index contributed by atoms with van der Waals surface area (Å²) in [5.41, 5.74) is 0.108. The second-order valence-corrected chi connectivity index (χ2v) is 5.35. The van der Waals surface area contributed by atoms with Crippen LogP contribution in [0.3, 0.4) is 0 Å². The van der Waals surface area contributed by atoms with Crippen molar-refractivity contribution < 1.29 is 28.8 Å². The Bertz CT molecular complexity index is 719. The van der Waals surface area contributed by atoms with Crippen LogP contribution in [0.1, 0.15) is 11.6 Å². The summed E-state index contributed by atoms with van der Waals surface area (Å²) in [6.07, 6.45) is 1.36. The second-order valence-electron chi connectivity index (χ2n) is 5.35. The zero-order valence-electron chi connectivity index (χ0n) is 12.4. The molecule has 128 valence electrons. The van der Waals surface area contributed by atoms with Crippen molar-refractivity contribution in [3.8, 4) is 0 Å². The van der Waals surface area contributed by atoms with Gasteiger partial charge >= 0.3 is 12.1 Å². The lowest BCUT2D eigenvalue weighted by molar-refractivity contribution is -0.141. The molecule has 2 aliphatic heterocycles. The van der Waals surface area contributed by atoms with E-state index in [2.05, 4.69) is 4.98 Å². The molecule has 0 saturated carbocycles. The molecule has 4 N–H and O–H groups in total. The molecule has 0 spiro atoms. The first kappa shape index (κ1) is 16.2. The maximum atomic E-state index is 12.2. The monoisotopic (exact) mass is 345 g/mol.